The number of carbonyl (C=O) groups is 2. The van der Waals surface area contributed by atoms with Gasteiger partial charge in [0.1, 0.15) is 0 Å². The number of alkyl halides is 2. The number of allylic oxidation sites excluding steroid dienone is 2. The van der Waals surface area contributed by atoms with E-state index in [1.165, 1.54) is 0 Å². The van der Waals surface area contributed by atoms with Crippen molar-refractivity contribution in [2.24, 2.45) is 5.92 Å². The van der Waals surface area contributed by atoms with Gasteiger partial charge >= 0.3 is 35.5 Å². The third-order valence-electron chi connectivity index (χ3n) is 2.59. The molecule has 0 heterocycles. The van der Waals surface area contributed by atoms with E-state index < -0.39 is 30.2 Å². The molecule has 0 spiro atoms. The molecule has 0 aliphatic rings. The van der Waals surface area contributed by atoms with Gasteiger partial charge in [0, 0.05) is 18.3 Å². The van der Waals surface area contributed by atoms with Crippen LogP contribution in [0.15, 0.2) is 23.8 Å². The Morgan fingerprint density at radius 1 is 1.30 bits per heavy atom. The summed E-state index contributed by atoms with van der Waals surface area (Å²) < 4.78 is 24.7. The molecule has 7 heteroatoms. The van der Waals surface area contributed by atoms with Crippen LogP contribution in [0.25, 0.3) is 0 Å². The van der Waals surface area contributed by atoms with Gasteiger partial charge in [0.15, 0.2) is 0 Å². The Kier molecular flexibility index (Phi) is 17.5. The van der Waals surface area contributed by atoms with E-state index in [1.807, 2.05) is 6.92 Å². The Bertz CT molecular complexity index is 401. The van der Waals surface area contributed by atoms with Gasteiger partial charge in [-0.05, 0) is 26.7 Å². The number of hydrogen-bond donors (Lipinski definition) is 1. The van der Waals surface area contributed by atoms with Crippen molar-refractivity contribution in [2.75, 3.05) is 0 Å². The van der Waals surface area contributed by atoms with Crippen molar-refractivity contribution in [1.29, 1.82) is 0 Å². The zero-order valence-corrected chi connectivity index (χ0v) is 16.6. The second-order valence-electron chi connectivity index (χ2n) is 4.95. The number of rotatable bonds is 8. The van der Waals surface area contributed by atoms with E-state index in [-0.39, 0.29) is 36.0 Å². The van der Waals surface area contributed by atoms with Crippen molar-refractivity contribution in [2.45, 2.75) is 59.3 Å². The van der Waals surface area contributed by atoms with Gasteiger partial charge in [0.2, 0.25) is 5.92 Å². The quantitative estimate of drug-likeness (QED) is 0.388. The first kappa shape index (κ1) is 27.1. The molecule has 0 rings (SSSR count). The third-order valence-corrected chi connectivity index (χ3v) is 2.59. The van der Waals surface area contributed by atoms with E-state index in [0.29, 0.717) is 12.0 Å². The van der Waals surface area contributed by atoms with E-state index in [0.717, 1.165) is 13.3 Å². The van der Waals surface area contributed by atoms with Crippen molar-refractivity contribution in [3.05, 3.63) is 23.8 Å². The van der Waals surface area contributed by atoms with Crippen molar-refractivity contribution in [3.8, 4) is 0 Å². The molecule has 23 heavy (non-hydrogen) atoms. The van der Waals surface area contributed by atoms with Crippen LogP contribution < -0.4 is 34.7 Å². The second kappa shape index (κ2) is 14.8. The van der Waals surface area contributed by atoms with Gasteiger partial charge in [0.25, 0.3) is 0 Å². The molecule has 0 bridgehead atoms. The Labute approximate surface area is 158 Å². The number of carbonyl (C=O) groups excluding carboxylic acids is 1. The largest absolute Gasteiger partial charge is 1.00 e. The average Bonchev–Trinajstić information content (AvgIpc) is 2.37. The standard InChI is InChI=1S/C8H14F2O2.C8H12O2.Na/c1-3-4-6(7(11)12)5-8(2,9)10;1-3-5-7(6-4-2)8(9)10;/h6H,3-5H2,1-2H3,(H,11,12);3,5-6H,4H2,1-2H3,(H,9,10);/q;;+1/p-1. The topological polar surface area (TPSA) is 77.4 Å². The van der Waals surface area contributed by atoms with Crippen LogP contribution in [0.1, 0.15) is 53.4 Å². The number of aliphatic carboxylic acids is 2. The van der Waals surface area contributed by atoms with Crippen LogP contribution in [0, 0.1) is 5.92 Å². The molecule has 1 N–H and O–H groups in total. The van der Waals surface area contributed by atoms with Crippen molar-refractivity contribution < 1.29 is 58.1 Å². The summed E-state index contributed by atoms with van der Waals surface area (Å²) in [4.78, 5) is 20.7. The normalized spacial score (nSPS) is 12.9. The molecule has 128 valence electrons. The summed E-state index contributed by atoms with van der Waals surface area (Å²) in [6.07, 6.45) is 5.96. The first-order valence-electron chi connectivity index (χ1n) is 7.23. The van der Waals surface area contributed by atoms with E-state index in [4.69, 9.17) is 5.11 Å². The molecule has 0 aromatic carbocycles. The van der Waals surface area contributed by atoms with Gasteiger partial charge in [0.05, 0.1) is 5.57 Å². The Morgan fingerprint density at radius 2 is 1.83 bits per heavy atom. The fourth-order valence-corrected chi connectivity index (χ4v) is 1.71. The number of hydrogen-bond acceptors (Lipinski definition) is 3. The summed E-state index contributed by atoms with van der Waals surface area (Å²) in [7, 11) is 0. The summed E-state index contributed by atoms with van der Waals surface area (Å²) >= 11 is 0. The van der Waals surface area contributed by atoms with E-state index in [2.05, 4.69) is 0 Å². The fourth-order valence-electron chi connectivity index (χ4n) is 1.71. The molecule has 0 saturated heterocycles. The number of carboxylic acid groups (broad SMARTS) is 2. The smallest absolute Gasteiger partial charge is 0.550 e. The Hall–Kier alpha value is -0.720. The minimum Gasteiger partial charge on any atom is -0.550 e. The van der Waals surface area contributed by atoms with Crippen LogP contribution in [-0.2, 0) is 9.59 Å². The van der Waals surface area contributed by atoms with Gasteiger partial charge in [-0.25, -0.2) is 13.6 Å². The van der Waals surface area contributed by atoms with Crippen molar-refractivity contribution in [1.82, 2.24) is 0 Å². The van der Waals surface area contributed by atoms with Crippen LogP contribution in [0.4, 0.5) is 8.78 Å². The molecule has 0 aromatic heterocycles. The minimum atomic E-state index is -2.92. The summed E-state index contributed by atoms with van der Waals surface area (Å²) in [5.74, 6) is -6.17. The van der Waals surface area contributed by atoms with Crippen molar-refractivity contribution >= 4 is 11.9 Å². The predicted molar refractivity (Wildman–Crippen MR) is 79.5 cm³/mol. The summed E-state index contributed by atoms with van der Waals surface area (Å²) in [5.41, 5.74) is 0.366. The maximum atomic E-state index is 12.4. The molecular weight excluding hydrogens is 317 g/mol. The van der Waals surface area contributed by atoms with Gasteiger partial charge in [-0.15, -0.1) is 0 Å². The summed E-state index contributed by atoms with van der Waals surface area (Å²) in [6.45, 7) is 6.18. The maximum absolute atomic E-state index is 12.4. The van der Waals surface area contributed by atoms with Crippen LogP contribution in [0.5, 0.6) is 0 Å². The fraction of sp³-hybridized carbons (Fsp3) is 0.625. The van der Waals surface area contributed by atoms with Crippen LogP contribution in [-0.4, -0.2) is 23.0 Å². The first-order chi connectivity index (χ1) is 10.1. The van der Waals surface area contributed by atoms with Crippen molar-refractivity contribution in [3.63, 3.8) is 0 Å². The van der Waals surface area contributed by atoms with E-state index in [9.17, 15) is 23.5 Å². The molecule has 0 amide bonds. The maximum Gasteiger partial charge on any atom is 1.00 e. The molecule has 0 aromatic rings. The van der Waals surface area contributed by atoms with Gasteiger partial charge in [-0.2, -0.15) is 0 Å². The molecule has 1 unspecified atom stereocenters. The van der Waals surface area contributed by atoms with E-state index >= 15 is 0 Å². The molecule has 0 fully saturated rings. The van der Waals surface area contributed by atoms with Gasteiger partial charge < -0.3 is 15.0 Å². The number of halogens is 2. The second-order valence-corrected chi connectivity index (χ2v) is 4.95. The van der Waals surface area contributed by atoms with E-state index in [1.54, 1.807) is 32.1 Å². The summed E-state index contributed by atoms with van der Waals surface area (Å²) in [6, 6.07) is 0. The zero-order valence-electron chi connectivity index (χ0n) is 14.6. The number of carboxylic acids is 2. The monoisotopic (exact) mass is 342 g/mol. The molecule has 4 nitrogen and oxygen atoms in total. The van der Waals surface area contributed by atoms with Gasteiger partial charge in [-0.1, -0.05) is 38.5 Å². The van der Waals surface area contributed by atoms with Crippen LogP contribution in [0.3, 0.4) is 0 Å². The summed E-state index contributed by atoms with van der Waals surface area (Å²) in [5, 5.41) is 18.8. The van der Waals surface area contributed by atoms with Crippen LogP contribution in [0.2, 0.25) is 0 Å². The third kappa shape index (κ3) is 17.5. The van der Waals surface area contributed by atoms with Crippen LogP contribution >= 0.6 is 0 Å². The molecule has 0 radical (unpaired) electrons. The van der Waals surface area contributed by atoms with Gasteiger partial charge in [-0.3, -0.25) is 0 Å². The molecule has 1 atom stereocenters. The SMILES string of the molecule is CC=CC(=CCC)C(=O)O.CCCC(CC(C)(F)F)C(=O)[O-].[Na+]. The predicted octanol–water partition coefficient (Wildman–Crippen LogP) is 0.185. The first-order valence-corrected chi connectivity index (χ1v) is 7.23. The Balaban J connectivity index is -0.000000338. The molecule has 0 aliphatic heterocycles. The molecule has 0 aliphatic carbocycles. The average molecular weight is 342 g/mol. The Morgan fingerprint density at radius 3 is 2.09 bits per heavy atom. The molecular formula is C16H25F2NaO4. The molecule has 0 saturated carbocycles. The zero-order chi connectivity index (χ0) is 17.8. The minimum absolute atomic E-state index is 0.